The van der Waals surface area contributed by atoms with Crippen LogP contribution < -0.4 is 5.32 Å². The average molecular weight is 172 g/mol. The monoisotopic (exact) mass is 172 g/mol. The van der Waals surface area contributed by atoms with Crippen LogP contribution in [0.5, 0.6) is 0 Å². The SMILES string of the molecule is CCCCCNC(=O)[Si](C)C. The molecule has 11 heavy (non-hydrogen) atoms. The van der Waals surface area contributed by atoms with Gasteiger partial charge in [0.1, 0.15) is 0 Å². The minimum atomic E-state index is -0.749. The van der Waals surface area contributed by atoms with Crippen molar-refractivity contribution in [3.05, 3.63) is 0 Å². The normalized spacial score (nSPS) is 10.2. The average Bonchev–Trinajstić information content (AvgIpc) is 1.97. The van der Waals surface area contributed by atoms with Crippen molar-refractivity contribution in [3.8, 4) is 0 Å². The van der Waals surface area contributed by atoms with E-state index in [4.69, 9.17) is 0 Å². The molecule has 0 rings (SSSR count). The van der Waals surface area contributed by atoms with Crippen LogP contribution in [0.2, 0.25) is 13.1 Å². The lowest BCUT2D eigenvalue weighted by Gasteiger charge is -2.05. The lowest BCUT2D eigenvalue weighted by Crippen LogP contribution is -2.32. The van der Waals surface area contributed by atoms with Gasteiger partial charge < -0.3 is 5.32 Å². The number of hydrogen-bond acceptors (Lipinski definition) is 1. The molecule has 1 radical (unpaired) electrons. The van der Waals surface area contributed by atoms with Crippen molar-refractivity contribution in [2.45, 2.75) is 39.3 Å². The highest BCUT2D eigenvalue weighted by molar-refractivity contribution is 6.87. The molecule has 0 saturated heterocycles. The predicted octanol–water partition coefficient (Wildman–Crippen LogP) is 2.22. The van der Waals surface area contributed by atoms with E-state index in [9.17, 15) is 4.79 Å². The first-order valence-corrected chi connectivity index (χ1v) is 6.76. The quantitative estimate of drug-likeness (QED) is 0.500. The Kier molecular flexibility index (Phi) is 6.22. The Labute approximate surface area is 71.0 Å². The van der Waals surface area contributed by atoms with E-state index < -0.39 is 8.80 Å². The number of hydrogen-bond donors (Lipinski definition) is 1. The van der Waals surface area contributed by atoms with Gasteiger partial charge in [-0.2, -0.15) is 0 Å². The summed E-state index contributed by atoms with van der Waals surface area (Å²) in [7, 11) is -0.749. The standard InChI is InChI=1S/C8H18NOSi/c1-4-5-6-7-9-8(10)11(2)3/h4-7H2,1-3H3,(H,9,10). The fourth-order valence-corrected chi connectivity index (χ4v) is 1.23. The van der Waals surface area contributed by atoms with Gasteiger partial charge in [-0.05, 0) is 6.42 Å². The maximum atomic E-state index is 11.0. The number of rotatable bonds is 5. The van der Waals surface area contributed by atoms with Gasteiger partial charge in [-0.15, -0.1) is 0 Å². The predicted molar refractivity (Wildman–Crippen MR) is 50.4 cm³/mol. The van der Waals surface area contributed by atoms with Gasteiger partial charge >= 0.3 is 0 Å². The van der Waals surface area contributed by atoms with Gasteiger partial charge in [-0.25, -0.2) is 0 Å². The molecule has 0 aliphatic carbocycles. The zero-order valence-electron chi connectivity index (χ0n) is 7.74. The van der Waals surface area contributed by atoms with Crippen molar-refractivity contribution >= 4 is 14.3 Å². The van der Waals surface area contributed by atoms with Gasteiger partial charge in [-0.3, -0.25) is 4.79 Å². The summed E-state index contributed by atoms with van der Waals surface area (Å²) in [5.74, 6) is 0. The minimum Gasteiger partial charge on any atom is -0.361 e. The van der Waals surface area contributed by atoms with Crippen molar-refractivity contribution in [2.24, 2.45) is 0 Å². The van der Waals surface area contributed by atoms with Crippen LogP contribution >= 0.6 is 0 Å². The van der Waals surface area contributed by atoms with Crippen LogP contribution in [-0.4, -0.2) is 20.9 Å². The Balaban J connectivity index is 3.18. The van der Waals surface area contributed by atoms with E-state index in [1.54, 1.807) is 0 Å². The Morgan fingerprint density at radius 1 is 1.36 bits per heavy atom. The molecular weight excluding hydrogens is 154 g/mol. The zero-order valence-corrected chi connectivity index (χ0v) is 8.74. The molecule has 0 spiro atoms. The van der Waals surface area contributed by atoms with Gasteiger partial charge in [0.2, 0.25) is 0 Å². The highest BCUT2D eigenvalue weighted by atomic mass is 28.3. The first kappa shape index (κ1) is 10.7. The first-order valence-electron chi connectivity index (χ1n) is 4.26. The summed E-state index contributed by atoms with van der Waals surface area (Å²) in [5.41, 5.74) is 0.270. The van der Waals surface area contributed by atoms with Crippen LogP contribution in [0.25, 0.3) is 0 Å². The van der Waals surface area contributed by atoms with Gasteiger partial charge in [0.15, 0.2) is 14.3 Å². The van der Waals surface area contributed by atoms with E-state index in [1.807, 2.05) is 13.1 Å². The fourth-order valence-electron chi connectivity index (χ4n) is 0.754. The lowest BCUT2D eigenvalue weighted by molar-refractivity contribution is 0.258. The van der Waals surface area contributed by atoms with E-state index in [1.165, 1.54) is 12.8 Å². The third-order valence-corrected chi connectivity index (χ3v) is 2.61. The van der Waals surface area contributed by atoms with Crippen molar-refractivity contribution in [2.75, 3.05) is 6.54 Å². The van der Waals surface area contributed by atoms with E-state index in [-0.39, 0.29) is 5.53 Å². The molecule has 0 unspecified atom stereocenters. The summed E-state index contributed by atoms with van der Waals surface area (Å²) in [6.45, 7) is 7.05. The summed E-state index contributed by atoms with van der Waals surface area (Å²) in [6, 6.07) is 0. The number of carbonyl (C=O) groups is 1. The van der Waals surface area contributed by atoms with E-state index in [0.717, 1.165) is 13.0 Å². The van der Waals surface area contributed by atoms with Crippen molar-refractivity contribution in [1.82, 2.24) is 5.32 Å². The maximum Gasteiger partial charge on any atom is 0.189 e. The Morgan fingerprint density at radius 2 is 2.00 bits per heavy atom. The van der Waals surface area contributed by atoms with Crippen LogP contribution in [0.3, 0.4) is 0 Å². The molecule has 1 amide bonds. The number of carbonyl (C=O) groups excluding carboxylic acids is 1. The Bertz CT molecular complexity index is 115. The largest absolute Gasteiger partial charge is 0.361 e. The number of amides is 1. The second-order valence-corrected chi connectivity index (χ2v) is 5.42. The highest BCUT2D eigenvalue weighted by Crippen LogP contribution is 1.91. The molecule has 0 aromatic carbocycles. The number of unbranched alkanes of at least 4 members (excludes halogenated alkanes) is 2. The lowest BCUT2D eigenvalue weighted by atomic mass is 10.2. The zero-order chi connectivity index (χ0) is 8.69. The van der Waals surface area contributed by atoms with Crippen LogP contribution in [0, 0.1) is 0 Å². The molecule has 0 atom stereocenters. The molecule has 0 aliphatic rings. The van der Waals surface area contributed by atoms with Crippen molar-refractivity contribution in [3.63, 3.8) is 0 Å². The molecule has 2 nitrogen and oxygen atoms in total. The van der Waals surface area contributed by atoms with E-state index in [0.29, 0.717) is 0 Å². The first-order chi connectivity index (χ1) is 5.18. The van der Waals surface area contributed by atoms with Gasteiger partial charge in [0.25, 0.3) is 0 Å². The summed E-state index contributed by atoms with van der Waals surface area (Å²) in [4.78, 5) is 11.0. The highest BCUT2D eigenvalue weighted by Gasteiger charge is 2.06. The van der Waals surface area contributed by atoms with Gasteiger partial charge in [-0.1, -0.05) is 32.9 Å². The summed E-state index contributed by atoms with van der Waals surface area (Å²) < 4.78 is 0. The fraction of sp³-hybridized carbons (Fsp3) is 0.875. The summed E-state index contributed by atoms with van der Waals surface area (Å²) in [5, 5.41) is 2.92. The molecule has 0 saturated carbocycles. The Hall–Kier alpha value is -0.313. The summed E-state index contributed by atoms with van der Waals surface area (Å²) >= 11 is 0. The molecule has 0 aliphatic heterocycles. The van der Waals surface area contributed by atoms with Crippen molar-refractivity contribution in [1.29, 1.82) is 0 Å². The number of nitrogens with one attached hydrogen (secondary N) is 1. The molecular formula is C8H18NOSi. The molecule has 3 heteroatoms. The molecule has 0 heterocycles. The molecule has 0 aromatic rings. The minimum absolute atomic E-state index is 0.270. The second kappa shape index (κ2) is 6.40. The van der Waals surface area contributed by atoms with Crippen LogP contribution in [0.4, 0.5) is 4.79 Å². The second-order valence-electron chi connectivity index (χ2n) is 2.96. The van der Waals surface area contributed by atoms with Gasteiger partial charge in [0, 0.05) is 6.54 Å². The van der Waals surface area contributed by atoms with Crippen LogP contribution in [0.15, 0.2) is 0 Å². The van der Waals surface area contributed by atoms with Crippen molar-refractivity contribution < 1.29 is 4.79 Å². The molecule has 0 bridgehead atoms. The third kappa shape index (κ3) is 6.10. The van der Waals surface area contributed by atoms with Crippen LogP contribution in [-0.2, 0) is 0 Å². The maximum absolute atomic E-state index is 11.0. The Morgan fingerprint density at radius 3 is 2.45 bits per heavy atom. The van der Waals surface area contributed by atoms with Crippen LogP contribution in [0.1, 0.15) is 26.2 Å². The molecule has 0 fully saturated rings. The molecule has 65 valence electrons. The molecule has 1 N–H and O–H groups in total. The summed E-state index contributed by atoms with van der Waals surface area (Å²) in [6.07, 6.45) is 3.55. The molecule has 0 aromatic heterocycles. The van der Waals surface area contributed by atoms with Gasteiger partial charge in [0.05, 0.1) is 0 Å². The topological polar surface area (TPSA) is 29.1 Å². The van der Waals surface area contributed by atoms with E-state index >= 15 is 0 Å². The smallest absolute Gasteiger partial charge is 0.189 e. The third-order valence-electron chi connectivity index (χ3n) is 1.52. The van der Waals surface area contributed by atoms with E-state index in [2.05, 4.69) is 12.2 Å².